The number of halogens is 1. The van der Waals surface area contributed by atoms with Crippen molar-refractivity contribution >= 4 is 35.8 Å². The SMILES string of the molecule is CCN(CC)Cc1ccccc1CNC(=NC)NCCc1cccc(C(=O)NC)c1.I. The van der Waals surface area contributed by atoms with Gasteiger partial charge < -0.3 is 16.0 Å². The molecule has 170 valence electrons. The van der Waals surface area contributed by atoms with Gasteiger partial charge in [-0.05, 0) is 48.3 Å². The lowest BCUT2D eigenvalue weighted by Crippen LogP contribution is -2.38. The summed E-state index contributed by atoms with van der Waals surface area (Å²) in [5.41, 5.74) is 4.42. The van der Waals surface area contributed by atoms with E-state index < -0.39 is 0 Å². The second-order valence-corrected chi connectivity index (χ2v) is 7.11. The van der Waals surface area contributed by atoms with Crippen molar-refractivity contribution in [3.05, 3.63) is 70.8 Å². The maximum atomic E-state index is 11.8. The van der Waals surface area contributed by atoms with Gasteiger partial charge in [-0.2, -0.15) is 0 Å². The van der Waals surface area contributed by atoms with Gasteiger partial charge in [-0.1, -0.05) is 50.2 Å². The maximum absolute atomic E-state index is 11.8. The molecule has 0 aliphatic heterocycles. The molecule has 2 rings (SSSR count). The van der Waals surface area contributed by atoms with E-state index in [-0.39, 0.29) is 29.9 Å². The minimum Gasteiger partial charge on any atom is -0.356 e. The van der Waals surface area contributed by atoms with Gasteiger partial charge in [0.05, 0.1) is 0 Å². The summed E-state index contributed by atoms with van der Waals surface area (Å²) in [5.74, 6) is 0.709. The first-order valence-corrected chi connectivity index (χ1v) is 10.7. The summed E-state index contributed by atoms with van der Waals surface area (Å²) in [7, 11) is 3.43. The smallest absolute Gasteiger partial charge is 0.251 e. The van der Waals surface area contributed by atoms with Crippen LogP contribution in [0.5, 0.6) is 0 Å². The maximum Gasteiger partial charge on any atom is 0.251 e. The molecule has 1 amide bonds. The summed E-state index contributed by atoms with van der Waals surface area (Å²) < 4.78 is 0. The molecule has 0 unspecified atom stereocenters. The van der Waals surface area contributed by atoms with Crippen molar-refractivity contribution in [1.82, 2.24) is 20.9 Å². The van der Waals surface area contributed by atoms with E-state index in [0.29, 0.717) is 5.56 Å². The highest BCUT2D eigenvalue weighted by molar-refractivity contribution is 14.0. The molecule has 0 atom stereocenters. The van der Waals surface area contributed by atoms with E-state index in [2.05, 4.69) is 64.0 Å². The molecule has 0 fully saturated rings. The van der Waals surface area contributed by atoms with Crippen molar-refractivity contribution in [2.45, 2.75) is 33.4 Å². The van der Waals surface area contributed by atoms with Crippen LogP contribution in [-0.4, -0.2) is 50.5 Å². The zero-order valence-electron chi connectivity index (χ0n) is 19.1. The van der Waals surface area contributed by atoms with E-state index >= 15 is 0 Å². The van der Waals surface area contributed by atoms with Crippen LogP contribution in [0.15, 0.2) is 53.5 Å². The van der Waals surface area contributed by atoms with Crippen molar-refractivity contribution in [3.8, 4) is 0 Å². The van der Waals surface area contributed by atoms with Gasteiger partial charge in [-0.25, -0.2) is 0 Å². The van der Waals surface area contributed by atoms with Gasteiger partial charge in [0, 0.05) is 39.3 Å². The monoisotopic (exact) mass is 537 g/mol. The highest BCUT2D eigenvalue weighted by atomic mass is 127. The summed E-state index contributed by atoms with van der Waals surface area (Å²) in [6, 6.07) is 16.3. The third-order valence-corrected chi connectivity index (χ3v) is 5.20. The van der Waals surface area contributed by atoms with Crippen molar-refractivity contribution in [2.24, 2.45) is 4.99 Å². The third-order valence-electron chi connectivity index (χ3n) is 5.20. The lowest BCUT2D eigenvalue weighted by molar-refractivity contribution is 0.0963. The molecule has 3 N–H and O–H groups in total. The van der Waals surface area contributed by atoms with Crippen molar-refractivity contribution < 1.29 is 4.79 Å². The van der Waals surface area contributed by atoms with Crippen molar-refractivity contribution in [3.63, 3.8) is 0 Å². The summed E-state index contributed by atoms with van der Waals surface area (Å²) in [4.78, 5) is 18.5. The Morgan fingerprint density at radius 2 is 1.71 bits per heavy atom. The molecule has 2 aromatic carbocycles. The lowest BCUT2D eigenvalue weighted by Gasteiger charge is -2.20. The number of hydrogen-bond acceptors (Lipinski definition) is 3. The number of nitrogens with zero attached hydrogens (tertiary/aromatic N) is 2. The predicted octanol–water partition coefficient (Wildman–Crippen LogP) is 3.41. The highest BCUT2D eigenvalue weighted by Gasteiger charge is 2.07. The Bertz CT molecular complexity index is 836. The quantitative estimate of drug-likeness (QED) is 0.247. The standard InChI is InChI=1S/C24H35N5O.HI/c1-5-29(6-2)18-22-12-8-7-11-21(22)17-28-24(26-4)27-15-14-19-10-9-13-20(16-19)23(30)25-3;/h7-13,16H,5-6,14-15,17-18H2,1-4H3,(H,25,30)(H2,26,27,28);1H. The summed E-state index contributed by atoms with van der Waals surface area (Å²) in [5, 5.41) is 9.44. The van der Waals surface area contributed by atoms with Gasteiger partial charge in [-0.15, -0.1) is 24.0 Å². The van der Waals surface area contributed by atoms with Crippen LogP contribution in [0, 0.1) is 0 Å². The zero-order chi connectivity index (χ0) is 21.8. The second kappa shape index (κ2) is 14.8. The largest absolute Gasteiger partial charge is 0.356 e. The molecule has 31 heavy (non-hydrogen) atoms. The van der Waals surface area contributed by atoms with Gasteiger partial charge in [0.2, 0.25) is 0 Å². The number of benzene rings is 2. The molecule has 0 saturated heterocycles. The average molecular weight is 537 g/mol. The number of hydrogen-bond donors (Lipinski definition) is 3. The number of guanidine groups is 1. The van der Waals surface area contributed by atoms with Gasteiger partial charge in [0.25, 0.3) is 5.91 Å². The predicted molar refractivity (Wildman–Crippen MR) is 140 cm³/mol. The number of carbonyl (C=O) groups is 1. The minimum atomic E-state index is -0.0642. The number of nitrogens with one attached hydrogen (secondary N) is 3. The molecule has 7 heteroatoms. The topological polar surface area (TPSA) is 68.8 Å². The Balaban J connectivity index is 0.00000480. The Hall–Kier alpha value is -2.13. The molecule has 0 aromatic heterocycles. The summed E-state index contributed by atoms with van der Waals surface area (Å²) in [6.07, 6.45) is 0.810. The van der Waals surface area contributed by atoms with Gasteiger partial charge in [0.1, 0.15) is 0 Å². The first kappa shape index (κ1) is 26.9. The fourth-order valence-electron chi connectivity index (χ4n) is 3.31. The van der Waals surface area contributed by atoms with Crippen molar-refractivity contribution in [2.75, 3.05) is 33.7 Å². The first-order valence-electron chi connectivity index (χ1n) is 10.7. The molecular formula is C24H36IN5O. The first-order chi connectivity index (χ1) is 14.6. The molecule has 0 radical (unpaired) electrons. The Morgan fingerprint density at radius 1 is 1.00 bits per heavy atom. The van der Waals surface area contributed by atoms with Gasteiger partial charge in [0.15, 0.2) is 5.96 Å². The van der Waals surface area contributed by atoms with Crippen LogP contribution in [-0.2, 0) is 19.5 Å². The van der Waals surface area contributed by atoms with E-state index in [1.165, 1.54) is 11.1 Å². The van der Waals surface area contributed by atoms with Gasteiger partial charge >= 0.3 is 0 Å². The van der Waals surface area contributed by atoms with E-state index in [4.69, 9.17) is 0 Å². The Morgan fingerprint density at radius 3 is 2.35 bits per heavy atom. The number of rotatable bonds is 10. The molecule has 0 spiro atoms. The molecular weight excluding hydrogens is 501 g/mol. The third kappa shape index (κ3) is 8.86. The van der Waals surface area contributed by atoms with Crippen LogP contribution < -0.4 is 16.0 Å². The zero-order valence-corrected chi connectivity index (χ0v) is 21.4. The number of aliphatic imine (C=N–C) groups is 1. The highest BCUT2D eigenvalue weighted by Crippen LogP contribution is 2.12. The van der Waals surface area contributed by atoms with E-state index in [1.807, 2.05) is 24.3 Å². The number of amides is 1. The molecule has 0 aliphatic rings. The normalized spacial score (nSPS) is 11.1. The summed E-state index contributed by atoms with van der Waals surface area (Å²) >= 11 is 0. The molecule has 0 saturated carbocycles. The van der Waals surface area contributed by atoms with Crippen LogP contribution in [0.25, 0.3) is 0 Å². The summed E-state index contributed by atoms with van der Waals surface area (Å²) in [6.45, 7) is 8.89. The fraction of sp³-hybridized carbons (Fsp3) is 0.417. The van der Waals surface area contributed by atoms with Crippen LogP contribution in [0.1, 0.15) is 40.9 Å². The Kier molecular flexibility index (Phi) is 12.8. The number of carbonyl (C=O) groups excluding carboxylic acids is 1. The minimum absolute atomic E-state index is 0. The van der Waals surface area contributed by atoms with Gasteiger partial charge in [-0.3, -0.25) is 14.7 Å². The van der Waals surface area contributed by atoms with E-state index in [0.717, 1.165) is 50.7 Å². The van der Waals surface area contributed by atoms with Crippen LogP contribution in [0.4, 0.5) is 0 Å². The van der Waals surface area contributed by atoms with Crippen LogP contribution >= 0.6 is 24.0 Å². The second-order valence-electron chi connectivity index (χ2n) is 7.11. The van der Waals surface area contributed by atoms with Crippen LogP contribution in [0.3, 0.4) is 0 Å². The molecule has 0 aliphatic carbocycles. The molecule has 6 nitrogen and oxygen atoms in total. The lowest BCUT2D eigenvalue weighted by atomic mass is 10.1. The average Bonchev–Trinajstić information content (AvgIpc) is 2.79. The van der Waals surface area contributed by atoms with E-state index in [1.54, 1.807) is 14.1 Å². The molecule has 2 aromatic rings. The Labute approximate surface area is 203 Å². The molecule has 0 heterocycles. The molecule has 0 bridgehead atoms. The van der Waals surface area contributed by atoms with Crippen molar-refractivity contribution in [1.29, 1.82) is 0 Å². The fourth-order valence-corrected chi connectivity index (χ4v) is 3.31. The van der Waals surface area contributed by atoms with E-state index in [9.17, 15) is 4.79 Å². The van der Waals surface area contributed by atoms with Crippen LogP contribution in [0.2, 0.25) is 0 Å².